The minimum Gasteiger partial charge on any atom is -0.453 e. The molecule has 1 aromatic carbocycles. The fourth-order valence-corrected chi connectivity index (χ4v) is 4.32. The van der Waals surface area contributed by atoms with Crippen molar-refractivity contribution in [3.8, 4) is 11.3 Å². The number of hydrogen-bond donors (Lipinski definition) is 5. The van der Waals surface area contributed by atoms with Crippen molar-refractivity contribution in [1.82, 2.24) is 36.4 Å². The van der Waals surface area contributed by atoms with Crippen LogP contribution in [0.4, 0.5) is 31.5 Å². The summed E-state index contributed by atoms with van der Waals surface area (Å²) in [5.41, 5.74) is -1.68. The molecule has 1 aromatic heterocycles. The molecule has 5 N–H and O–H groups in total. The Kier molecular flexibility index (Phi) is 13.8. The zero-order valence-electron chi connectivity index (χ0n) is 27.9. The summed E-state index contributed by atoms with van der Waals surface area (Å²) in [7, 11) is 1.96. The van der Waals surface area contributed by atoms with Crippen molar-refractivity contribution in [2.24, 2.45) is 10.8 Å². The summed E-state index contributed by atoms with van der Waals surface area (Å²) in [5.74, 6) is -4.35. The molecule has 0 saturated carbocycles. The highest BCUT2D eigenvalue weighted by atomic mass is 19.4. The molecule has 0 fully saturated rings. The highest BCUT2D eigenvalue weighted by Crippen LogP contribution is 2.40. The molecule has 2 rings (SSSR count). The minimum absolute atomic E-state index is 0.0529. The van der Waals surface area contributed by atoms with Crippen molar-refractivity contribution in [3.05, 3.63) is 47.9 Å². The van der Waals surface area contributed by atoms with Gasteiger partial charge in [0.1, 0.15) is 23.7 Å². The second-order valence-corrected chi connectivity index (χ2v) is 12.5. The van der Waals surface area contributed by atoms with Crippen molar-refractivity contribution >= 4 is 24.0 Å². The number of rotatable bonds is 13. The first-order valence-corrected chi connectivity index (χ1v) is 14.6. The molecule has 0 spiro atoms. The van der Waals surface area contributed by atoms with Crippen LogP contribution in [-0.2, 0) is 25.6 Å². The second kappa shape index (κ2) is 16.6. The Hall–Kier alpha value is -4.65. The van der Waals surface area contributed by atoms with Crippen molar-refractivity contribution in [2.75, 3.05) is 27.3 Å². The summed E-state index contributed by atoms with van der Waals surface area (Å²) in [4.78, 5) is 57.8. The Morgan fingerprint density at radius 1 is 0.898 bits per heavy atom. The number of aromatic nitrogens is 2. The largest absolute Gasteiger partial charge is 0.453 e. The van der Waals surface area contributed by atoms with E-state index in [2.05, 4.69) is 35.5 Å². The van der Waals surface area contributed by atoms with Crippen LogP contribution >= 0.6 is 0 Å². The first kappa shape index (κ1) is 40.5. The van der Waals surface area contributed by atoms with Crippen molar-refractivity contribution < 1.29 is 55.7 Å². The molecular weight excluding hydrogens is 665 g/mol. The van der Waals surface area contributed by atoms with Gasteiger partial charge in [-0.2, -0.15) is 13.2 Å². The number of carbonyl (C=O) groups excluding carboxylic acids is 4. The van der Waals surface area contributed by atoms with E-state index in [0.717, 1.165) is 31.4 Å². The molecule has 3 atom stereocenters. The number of carbonyl (C=O) groups is 4. The van der Waals surface area contributed by atoms with Gasteiger partial charge in [-0.15, -0.1) is 0 Å². The first-order chi connectivity index (χ1) is 22.6. The van der Waals surface area contributed by atoms with E-state index >= 15 is 8.78 Å². The lowest BCUT2D eigenvalue weighted by atomic mass is 9.83. The SMILES string of the molecule is COC(=O)NC(C(=O)NC[C@@H](O)CN(Cc1c(F)cc(-c2cnccn2)cc1F)NC(=O)[C@@H](NC(=O)OC)C(C)(C)C)C(C)(C)C(F)(F)F. The number of aliphatic hydroxyl groups is 1. The van der Waals surface area contributed by atoms with E-state index in [-0.39, 0.29) is 11.3 Å². The van der Waals surface area contributed by atoms with E-state index in [9.17, 15) is 37.5 Å². The van der Waals surface area contributed by atoms with Crippen LogP contribution in [0.25, 0.3) is 11.3 Å². The topological polar surface area (TPSA) is 184 Å². The van der Waals surface area contributed by atoms with Gasteiger partial charge in [-0.25, -0.2) is 23.4 Å². The average molecular weight is 706 g/mol. The monoisotopic (exact) mass is 705 g/mol. The van der Waals surface area contributed by atoms with E-state index < -0.39 is 96.0 Å². The lowest BCUT2D eigenvalue weighted by Gasteiger charge is -2.35. The molecule has 14 nitrogen and oxygen atoms in total. The van der Waals surface area contributed by atoms with E-state index in [1.54, 1.807) is 20.8 Å². The average Bonchev–Trinajstić information content (AvgIpc) is 3.01. The van der Waals surface area contributed by atoms with E-state index in [4.69, 9.17) is 0 Å². The predicted octanol–water partition coefficient (Wildman–Crippen LogP) is 2.82. The molecular formula is C30H40F5N7O7. The Labute approximate surface area is 279 Å². The number of nitrogens with one attached hydrogen (secondary N) is 4. The van der Waals surface area contributed by atoms with Crippen LogP contribution in [0.15, 0.2) is 30.7 Å². The zero-order chi connectivity index (χ0) is 37.3. The van der Waals surface area contributed by atoms with Crippen molar-refractivity contribution in [1.29, 1.82) is 0 Å². The van der Waals surface area contributed by atoms with Crippen LogP contribution < -0.4 is 21.4 Å². The Bertz CT molecular complexity index is 1450. The van der Waals surface area contributed by atoms with Crippen molar-refractivity contribution in [2.45, 2.75) is 65.5 Å². The normalized spacial score (nSPS) is 13.9. The molecule has 0 aliphatic heterocycles. The zero-order valence-corrected chi connectivity index (χ0v) is 27.9. The molecule has 1 unspecified atom stereocenters. The van der Waals surface area contributed by atoms with Crippen LogP contribution in [0.3, 0.4) is 0 Å². The number of amides is 4. The highest BCUT2D eigenvalue weighted by Gasteiger charge is 2.55. The number of hydrazine groups is 1. The number of benzene rings is 1. The summed E-state index contributed by atoms with van der Waals surface area (Å²) in [6, 6.07) is -1.52. The molecule has 1 heterocycles. The maximum atomic E-state index is 15.3. The highest BCUT2D eigenvalue weighted by molar-refractivity contribution is 5.87. The fraction of sp³-hybridized carbons (Fsp3) is 0.533. The lowest BCUT2D eigenvalue weighted by molar-refractivity contribution is -0.220. The van der Waals surface area contributed by atoms with E-state index in [1.165, 1.54) is 18.6 Å². The van der Waals surface area contributed by atoms with Gasteiger partial charge in [0.15, 0.2) is 0 Å². The maximum absolute atomic E-state index is 15.3. The number of nitrogens with zero attached hydrogens (tertiary/aromatic N) is 3. The standard InChI is InChI=1S/C30H40F5N7O7/c1-28(2,3)22(39-26(46)48-6)25(45)41-42(15-18-19(31)10-16(11-20(18)32)21-13-36-8-9-37-21)14-17(43)12-38-24(44)23(40-27(47)49-7)29(4,5)30(33,34)35/h8-11,13,17,22-23,43H,12,14-15H2,1-7H3,(H,38,44)(H,39,46)(H,40,47)(H,41,45)/t17-,22-,23?/m1/s1. The van der Waals surface area contributed by atoms with Gasteiger partial charge < -0.3 is 30.5 Å². The van der Waals surface area contributed by atoms with Gasteiger partial charge in [-0.05, 0) is 31.4 Å². The third-order valence-corrected chi connectivity index (χ3v) is 7.30. The van der Waals surface area contributed by atoms with E-state index in [0.29, 0.717) is 13.8 Å². The number of aliphatic hydroxyl groups excluding tert-OH is 1. The third kappa shape index (κ3) is 11.2. The molecule has 0 aliphatic rings. The number of methoxy groups -OCH3 is 2. The molecule has 0 bridgehead atoms. The van der Waals surface area contributed by atoms with Crippen LogP contribution in [-0.4, -0.2) is 95.8 Å². The second-order valence-electron chi connectivity index (χ2n) is 12.5. The predicted molar refractivity (Wildman–Crippen MR) is 163 cm³/mol. The van der Waals surface area contributed by atoms with Gasteiger partial charge in [-0.1, -0.05) is 20.8 Å². The molecule has 4 amide bonds. The molecule has 272 valence electrons. The molecule has 49 heavy (non-hydrogen) atoms. The Morgan fingerprint density at radius 3 is 1.92 bits per heavy atom. The quantitative estimate of drug-likeness (QED) is 0.153. The number of alkyl carbamates (subject to hydrolysis) is 2. The van der Waals surface area contributed by atoms with Gasteiger partial charge >= 0.3 is 18.4 Å². The van der Waals surface area contributed by atoms with E-state index in [1.807, 2.05) is 5.32 Å². The number of hydrogen-bond acceptors (Lipinski definition) is 10. The Morgan fingerprint density at radius 2 is 1.45 bits per heavy atom. The van der Waals surface area contributed by atoms with Gasteiger partial charge in [0.05, 0.1) is 37.6 Å². The number of alkyl halides is 3. The lowest BCUT2D eigenvalue weighted by Crippen LogP contribution is -2.60. The number of ether oxygens (including phenoxy) is 2. The molecule has 0 aliphatic carbocycles. The van der Waals surface area contributed by atoms with Gasteiger partial charge in [0.25, 0.3) is 5.91 Å². The maximum Gasteiger partial charge on any atom is 0.407 e. The molecule has 19 heteroatoms. The minimum atomic E-state index is -4.96. The fourth-order valence-electron chi connectivity index (χ4n) is 4.32. The Balaban J connectivity index is 2.38. The molecule has 2 aromatic rings. The summed E-state index contributed by atoms with van der Waals surface area (Å²) in [5, 5.41) is 18.0. The molecule has 0 radical (unpaired) electrons. The first-order valence-electron chi connectivity index (χ1n) is 14.6. The van der Waals surface area contributed by atoms with Gasteiger partial charge in [-0.3, -0.25) is 25.0 Å². The summed E-state index contributed by atoms with van der Waals surface area (Å²) >= 11 is 0. The van der Waals surface area contributed by atoms with Gasteiger partial charge in [0, 0.05) is 43.2 Å². The molecule has 0 saturated heterocycles. The summed E-state index contributed by atoms with van der Waals surface area (Å²) in [6.45, 7) is 4.07. The smallest absolute Gasteiger partial charge is 0.407 e. The van der Waals surface area contributed by atoms with Crippen LogP contribution in [0, 0.1) is 22.5 Å². The third-order valence-electron chi connectivity index (χ3n) is 7.30. The summed E-state index contributed by atoms with van der Waals surface area (Å²) < 4.78 is 80.9. The summed E-state index contributed by atoms with van der Waals surface area (Å²) in [6.07, 6.45) is -4.95. The number of halogens is 5. The van der Waals surface area contributed by atoms with Crippen molar-refractivity contribution in [3.63, 3.8) is 0 Å². The van der Waals surface area contributed by atoms with Crippen LogP contribution in [0.1, 0.15) is 40.2 Å². The van der Waals surface area contributed by atoms with Crippen LogP contribution in [0.5, 0.6) is 0 Å². The van der Waals surface area contributed by atoms with Gasteiger partial charge in [0.2, 0.25) is 5.91 Å². The van der Waals surface area contributed by atoms with Crippen LogP contribution in [0.2, 0.25) is 0 Å².